The highest BCUT2D eigenvalue weighted by Crippen LogP contribution is 2.27. The molecule has 1 aliphatic heterocycles. The van der Waals surface area contributed by atoms with Crippen LogP contribution in [0.3, 0.4) is 0 Å². The molecule has 0 unspecified atom stereocenters. The standard InChI is InChI=1S/C16H22ClN3O3/c1-10(20-7-5-11(6-8-20)15(18)21)16(22)19-12-3-4-14(23-2)13(17)9-12/h3-4,9-11H,5-8H2,1-2H3,(H2,18,21)(H,19,22)/p+1/t10-/m1/s1. The fourth-order valence-electron chi connectivity index (χ4n) is 2.89. The molecule has 1 fully saturated rings. The van der Waals surface area contributed by atoms with Crippen LogP contribution in [-0.2, 0) is 9.59 Å². The van der Waals surface area contributed by atoms with Gasteiger partial charge in [0.05, 0.1) is 25.2 Å². The summed E-state index contributed by atoms with van der Waals surface area (Å²) in [5.74, 6) is 0.194. The van der Waals surface area contributed by atoms with Crippen molar-refractivity contribution in [2.75, 3.05) is 25.5 Å². The van der Waals surface area contributed by atoms with E-state index in [9.17, 15) is 9.59 Å². The number of carbonyl (C=O) groups is 2. The molecule has 1 aromatic carbocycles. The molecule has 126 valence electrons. The second-order valence-corrected chi connectivity index (χ2v) is 6.30. The lowest BCUT2D eigenvalue weighted by Gasteiger charge is -2.31. The number of nitrogens with one attached hydrogen (secondary N) is 2. The Labute approximate surface area is 140 Å². The Morgan fingerprint density at radius 2 is 2.04 bits per heavy atom. The van der Waals surface area contributed by atoms with Crippen LogP contribution in [0.5, 0.6) is 5.75 Å². The van der Waals surface area contributed by atoms with E-state index in [0.29, 0.717) is 16.5 Å². The average molecular weight is 341 g/mol. The Morgan fingerprint density at radius 3 is 2.57 bits per heavy atom. The lowest BCUT2D eigenvalue weighted by atomic mass is 9.95. The second-order valence-electron chi connectivity index (χ2n) is 5.90. The first-order valence-corrected chi connectivity index (χ1v) is 8.08. The largest absolute Gasteiger partial charge is 0.495 e. The number of anilines is 1. The molecule has 0 radical (unpaired) electrons. The molecule has 0 saturated carbocycles. The molecule has 6 nitrogen and oxygen atoms in total. The third kappa shape index (κ3) is 4.36. The molecule has 0 aromatic heterocycles. The van der Waals surface area contributed by atoms with E-state index < -0.39 is 0 Å². The maximum Gasteiger partial charge on any atom is 0.282 e. The summed E-state index contributed by atoms with van der Waals surface area (Å²) >= 11 is 6.06. The maximum absolute atomic E-state index is 12.4. The molecule has 0 aliphatic carbocycles. The lowest BCUT2D eigenvalue weighted by molar-refractivity contribution is -0.919. The number of rotatable bonds is 5. The van der Waals surface area contributed by atoms with Gasteiger partial charge in [-0.2, -0.15) is 0 Å². The minimum atomic E-state index is -0.242. The molecule has 1 aromatic rings. The molecule has 4 N–H and O–H groups in total. The number of carbonyl (C=O) groups excluding carboxylic acids is 2. The zero-order valence-electron chi connectivity index (χ0n) is 13.4. The number of nitrogens with two attached hydrogens (primary N) is 1. The Balaban J connectivity index is 1.93. The maximum atomic E-state index is 12.4. The van der Waals surface area contributed by atoms with Crippen LogP contribution >= 0.6 is 11.6 Å². The number of halogens is 1. The Bertz CT molecular complexity index is 586. The van der Waals surface area contributed by atoms with Gasteiger partial charge in [0.2, 0.25) is 5.91 Å². The fraction of sp³-hybridized carbons (Fsp3) is 0.500. The minimum Gasteiger partial charge on any atom is -0.495 e. The third-order valence-corrected chi connectivity index (χ3v) is 4.75. The van der Waals surface area contributed by atoms with Crippen LogP contribution in [0.15, 0.2) is 18.2 Å². The van der Waals surface area contributed by atoms with Gasteiger partial charge < -0.3 is 20.7 Å². The number of piperidine rings is 1. The Morgan fingerprint density at radius 1 is 1.39 bits per heavy atom. The summed E-state index contributed by atoms with van der Waals surface area (Å²) in [4.78, 5) is 24.8. The monoisotopic (exact) mass is 340 g/mol. The van der Waals surface area contributed by atoms with Crippen LogP contribution in [0.4, 0.5) is 5.69 Å². The van der Waals surface area contributed by atoms with Gasteiger partial charge >= 0.3 is 0 Å². The van der Waals surface area contributed by atoms with Gasteiger partial charge in [0.15, 0.2) is 6.04 Å². The first-order chi connectivity index (χ1) is 10.9. The van der Waals surface area contributed by atoms with Crippen LogP contribution in [0.1, 0.15) is 19.8 Å². The highest BCUT2D eigenvalue weighted by atomic mass is 35.5. The van der Waals surface area contributed by atoms with Crippen LogP contribution in [0, 0.1) is 5.92 Å². The highest BCUT2D eigenvalue weighted by Gasteiger charge is 2.32. The molecular weight excluding hydrogens is 318 g/mol. The first kappa shape index (κ1) is 17.6. The highest BCUT2D eigenvalue weighted by molar-refractivity contribution is 6.32. The van der Waals surface area contributed by atoms with E-state index in [1.165, 1.54) is 4.90 Å². The van der Waals surface area contributed by atoms with Gasteiger partial charge in [0.1, 0.15) is 5.75 Å². The summed E-state index contributed by atoms with van der Waals surface area (Å²) in [5.41, 5.74) is 5.98. The number of likely N-dealkylation sites (tertiary alicyclic amines) is 1. The summed E-state index contributed by atoms with van der Waals surface area (Å²) in [6.07, 6.45) is 1.47. The van der Waals surface area contributed by atoms with E-state index in [2.05, 4.69) is 5.32 Å². The van der Waals surface area contributed by atoms with Crippen molar-refractivity contribution < 1.29 is 19.2 Å². The molecule has 23 heavy (non-hydrogen) atoms. The zero-order valence-corrected chi connectivity index (χ0v) is 14.2. The van der Waals surface area contributed by atoms with Gasteiger partial charge in [-0.1, -0.05) is 11.6 Å². The van der Waals surface area contributed by atoms with E-state index in [1.54, 1.807) is 25.3 Å². The van der Waals surface area contributed by atoms with Crippen molar-refractivity contribution in [3.05, 3.63) is 23.2 Å². The van der Waals surface area contributed by atoms with Crippen molar-refractivity contribution in [1.82, 2.24) is 0 Å². The van der Waals surface area contributed by atoms with E-state index in [1.807, 2.05) is 6.92 Å². The minimum absolute atomic E-state index is 0.0607. The van der Waals surface area contributed by atoms with Crippen molar-refractivity contribution >= 4 is 29.1 Å². The number of hydrogen-bond acceptors (Lipinski definition) is 3. The zero-order chi connectivity index (χ0) is 17.0. The predicted molar refractivity (Wildman–Crippen MR) is 88.7 cm³/mol. The van der Waals surface area contributed by atoms with E-state index in [0.717, 1.165) is 25.9 Å². The van der Waals surface area contributed by atoms with Crippen molar-refractivity contribution in [3.8, 4) is 5.75 Å². The summed E-state index contributed by atoms with van der Waals surface area (Å²) in [6.45, 7) is 3.43. The fourth-order valence-corrected chi connectivity index (χ4v) is 3.14. The SMILES string of the molecule is COc1ccc(NC(=O)[C@@H](C)[NH+]2CCC(C(N)=O)CC2)cc1Cl. The summed E-state index contributed by atoms with van der Waals surface area (Å²) in [6, 6.07) is 4.93. The summed E-state index contributed by atoms with van der Waals surface area (Å²) in [5, 5.41) is 3.33. The van der Waals surface area contributed by atoms with Crippen molar-refractivity contribution in [3.63, 3.8) is 0 Å². The smallest absolute Gasteiger partial charge is 0.282 e. The van der Waals surface area contributed by atoms with Crippen molar-refractivity contribution in [1.29, 1.82) is 0 Å². The molecule has 1 heterocycles. The summed E-state index contributed by atoms with van der Waals surface area (Å²) in [7, 11) is 1.54. The molecule has 0 bridgehead atoms. The van der Waals surface area contributed by atoms with Crippen LogP contribution in [0.25, 0.3) is 0 Å². The van der Waals surface area contributed by atoms with Crippen LogP contribution in [-0.4, -0.2) is 38.1 Å². The Kier molecular flexibility index (Phi) is 5.85. The number of quaternary nitrogens is 1. The lowest BCUT2D eigenvalue weighted by Crippen LogP contribution is -3.17. The topological polar surface area (TPSA) is 85.9 Å². The normalized spacial score (nSPS) is 22.2. The average Bonchev–Trinajstić information content (AvgIpc) is 2.54. The number of amides is 2. The van der Waals surface area contributed by atoms with Gasteiger partial charge in [-0.25, -0.2) is 0 Å². The number of ether oxygens (including phenoxy) is 1. The number of primary amides is 1. The van der Waals surface area contributed by atoms with Gasteiger partial charge in [0, 0.05) is 24.4 Å². The number of methoxy groups -OCH3 is 1. The molecule has 0 spiro atoms. The molecule has 1 atom stereocenters. The molecule has 1 saturated heterocycles. The summed E-state index contributed by atoms with van der Waals surface area (Å²) < 4.78 is 5.09. The third-order valence-electron chi connectivity index (χ3n) is 4.46. The molecule has 7 heteroatoms. The first-order valence-electron chi connectivity index (χ1n) is 7.70. The Hall–Kier alpha value is -1.79. The van der Waals surface area contributed by atoms with Crippen molar-refractivity contribution in [2.45, 2.75) is 25.8 Å². The van der Waals surface area contributed by atoms with E-state index in [4.69, 9.17) is 22.1 Å². The van der Waals surface area contributed by atoms with E-state index in [-0.39, 0.29) is 23.8 Å². The van der Waals surface area contributed by atoms with E-state index >= 15 is 0 Å². The predicted octanol–water partition coefficient (Wildman–Crippen LogP) is 0.456. The van der Waals surface area contributed by atoms with Gasteiger partial charge in [-0.3, -0.25) is 9.59 Å². The second kappa shape index (κ2) is 7.66. The number of benzene rings is 1. The molecule has 2 rings (SSSR count). The molecular formula is C16H23ClN3O3+. The van der Waals surface area contributed by atoms with Crippen LogP contribution in [0.2, 0.25) is 5.02 Å². The molecule has 1 aliphatic rings. The molecule has 2 amide bonds. The van der Waals surface area contributed by atoms with Crippen LogP contribution < -0.4 is 20.7 Å². The van der Waals surface area contributed by atoms with Gasteiger partial charge in [-0.15, -0.1) is 0 Å². The van der Waals surface area contributed by atoms with Gasteiger partial charge in [-0.05, 0) is 25.1 Å². The van der Waals surface area contributed by atoms with Gasteiger partial charge in [0.25, 0.3) is 5.91 Å². The quantitative estimate of drug-likeness (QED) is 0.727. The number of hydrogen-bond donors (Lipinski definition) is 3. The van der Waals surface area contributed by atoms with Crippen molar-refractivity contribution in [2.24, 2.45) is 11.7 Å².